The minimum absolute atomic E-state index is 0.0141. The number of carbonyl (C=O) groups excluding carboxylic acids is 2. The van der Waals surface area contributed by atoms with E-state index in [0.29, 0.717) is 30.8 Å². The van der Waals surface area contributed by atoms with Crippen LogP contribution in [-0.4, -0.2) is 23.4 Å². The molecule has 23 heavy (non-hydrogen) atoms. The van der Waals surface area contributed by atoms with E-state index in [1.54, 1.807) is 12.4 Å². The second kappa shape index (κ2) is 6.91. The van der Waals surface area contributed by atoms with Gasteiger partial charge >= 0.3 is 0 Å². The lowest BCUT2D eigenvalue weighted by Crippen LogP contribution is -2.25. The molecule has 0 fully saturated rings. The second-order valence-corrected chi connectivity index (χ2v) is 5.30. The van der Waals surface area contributed by atoms with Gasteiger partial charge in [0.1, 0.15) is 5.75 Å². The summed E-state index contributed by atoms with van der Waals surface area (Å²) in [5.74, 6) is 0.486. The molecule has 6 heteroatoms. The number of nitrogens with zero attached hydrogens (tertiary/aromatic N) is 1. The first-order valence-corrected chi connectivity index (χ1v) is 7.42. The van der Waals surface area contributed by atoms with Crippen molar-refractivity contribution in [2.75, 3.05) is 11.9 Å². The molecule has 0 spiro atoms. The monoisotopic (exact) mass is 311 g/mol. The fourth-order valence-electron chi connectivity index (χ4n) is 2.33. The van der Waals surface area contributed by atoms with Crippen molar-refractivity contribution in [1.29, 1.82) is 0 Å². The van der Waals surface area contributed by atoms with Crippen LogP contribution in [0.3, 0.4) is 0 Å². The van der Waals surface area contributed by atoms with E-state index in [-0.39, 0.29) is 18.4 Å². The highest BCUT2D eigenvalue weighted by atomic mass is 16.5. The number of rotatable bonds is 5. The lowest BCUT2D eigenvalue weighted by molar-refractivity contribution is -0.121. The smallest absolute Gasteiger partial charge is 0.262 e. The van der Waals surface area contributed by atoms with Gasteiger partial charge in [-0.2, -0.15) is 0 Å². The van der Waals surface area contributed by atoms with Crippen molar-refractivity contribution in [3.63, 3.8) is 0 Å². The minimum Gasteiger partial charge on any atom is -0.482 e. The van der Waals surface area contributed by atoms with Gasteiger partial charge in [-0.05, 0) is 41.8 Å². The number of benzene rings is 1. The molecule has 0 radical (unpaired) electrons. The maximum atomic E-state index is 11.9. The molecule has 6 nitrogen and oxygen atoms in total. The Morgan fingerprint density at radius 2 is 2.04 bits per heavy atom. The van der Waals surface area contributed by atoms with Crippen molar-refractivity contribution < 1.29 is 14.3 Å². The number of nitrogens with one attached hydrogen (secondary N) is 2. The van der Waals surface area contributed by atoms with Crippen LogP contribution in [-0.2, 0) is 22.6 Å². The fourth-order valence-corrected chi connectivity index (χ4v) is 2.33. The summed E-state index contributed by atoms with van der Waals surface area (Å²) in [5.41, 5.74) is 2.66. The molecule has 0 atom stereocenters. The van der Waals surface area contributed by atoms with Crippen LogP contribution in [0.25, 0.3) is 0 Å². The van der Waals surface area contributed by atoms with E-state index in [9.17, 15) is 9.59 Å². The molecule has 0 bridgehead atoms. The van der Waals surface area contributed by atoms with E-state index in [1.165, 1.54) is 0 Å². The van der Waals surface area contributed by atoms with Gasteiger partial charge < -0.3 is 15.4 Å². The highest BCUT2D eigenvalue weighted by Crippen LogP contribution is 2.28. The molecule has 1 aromatic carbocycles. The zero-order valence-electron chi connectivity index (χ0n) is 12.5. The molecule has 1 aliphatic rings. The van der Waals surface area contributed by atoms with E-state index in [1.807, 2.05) is 30.3 Å². The number of aromatic nitrogens is 1. The van der Waals surface area contributed by atoms with Crippen LogP contribution in [0.4, 0.5) is 5.69 Å². The lowest BCUT2D eigenvalue weighted by atomic mass is 10.1. The van der Waals surface area contributed by atoms with E-state index >= 15 is 0 Å². The minimum atomic E-state index is -0.162. The molecule has 2 N–H and O–H groups in total. The Kier molecular flexibility index (Phi) is 4.52. The summed E-state index contributed by atoms with van der Waals surface area (Å²) in [7, 11) is 0. The molecule has 0 saturated carbocycles. The molecule has 2 heterocycles. The molecular formula is C17H17N3O3. The summed E-state index contributed by atoms with van der Waals surface area (Å²) in [6.45, 7) is 0.541. The number of amides is 2. The highest BCUT2D eigenvalue weighted by molar-refractivity contribution is 5.95. The van der Waals surface area contributed by atoms with Gasteiger partial charge in [-0.1, -0.05) is 6.07 Å². The highest BCUT2D eigenvalue weighted by Gasteiger charge is 2.16. The van der Waals surface area contributed by atoms with Crippen LogP contribution in [0.5, 0.6) is 5.75 Å². The van der Waals surface area contributed by atoms with E-state index < -0.39 is 0 Å². The number of anilines is 1. The van der Waals surface area contributed by atoms with E-state index in [4.69, 9.17) is 4.74 Å². The summed E-state index contributed by atoms with van der Waals surface area (Å²) in [6.07, 6.45) is 4.39. The van der Waals surface area contributed by atoms with Crippen LogP contribution in [0.1, 0.15) is 17.5 Å². The van der Waals surface area contributed by atoms with Gasteiger partial charge in [0.05, 0.1) is 5.69 Å². The maximum Gasteiger partial charge on any atom is 0.262 e. The van der Waals surface area contributed by atoms with Crippen LogP contribution in [0, 0.1) is 0 Å². The number of ether oxygens (including phenoxy) is 1. The zero-order valence-corrected chi connectivity index (χ0v) is 12.5. The Morgan fingerprint density at radius 1 is 1.22 bits per heavy atom. The fraction of sp³-hybridized carbons (Fsp3) is 0.235. The molecule has 1 aliphatic heterocycles. The van der Waals surface area contributed by atoms with E-state index in [2.05, 4.69) is 15.6 Å². The van der Waals surface area contributed by atoms with Gasteiger partial charge in [-0.15, -0.1) is 0 Å². The summed E-state index contributed by atoms with van der Waals surface area (Å²) in [5, 5.41) is 5.64. The Morgan fingerprint density at radius 3 is 2.87 bits per heavy atom. The average Bonchev–Trinajstić information content (AvgIpc) is 2.58. The van der Waals surface area contributed by atoms with Crippen LogP contribution < -0.4 is 15.4 Å². The van der Waals surface area contributed by atoms with Crippen molar-refractivity contribution in [2.45, 2.75) is 19.4 Å². The molecule has 0 saturated heterocycles. The van der Waals surface area contributed by atoms with Crippen molar-refractivity contribution in [1.82, 2.24) is 10.3 Å². The number of pyridine rings is 1. The second-order valence-electron chi connectivity index (χ2n) is 5.30. The van der Waals surface area contributed by atoms with Crippen molar-refractivity contribution in [3.05, 3.63) is 53.9 Å². The molecule has 3 rings (SSSR count). The maximum absolute atomic E-state index is 11.9. The molecule has 1 aromatic heterocycles. The third-order valence-corrected chi connectivity index (χ3v) is 3.56. The van der Waals surface area contributed by atoms with Gasteiger partial charge in [0.25, 0.3) is 5.91 Å². The zero-order chi connectivity index (χ0) is 16.1. The summed E-state index contributed by atoms with van der Waals surface area (Å²) in [4.78, 5) is 27.2. The Balaban J connectivity index is 1.51. The summed E-state index contributed by atoms with van der Waals surface area (Å²) >= 11 is 0. The van der Waals surface area contributed by atoms with Crippen LogP contribution in [0.15, 0.2) is 42.7 Å². The van der Waals surface area contributed by atoms with Gasteiger partial charge in [-0.3, -0.25) is 14.6 Å². The quantitative estimate of drug-likeness (QED) is 0.880. The average molecular weight is 311 g/mol. The molecule has 118 valence electrons. The molecule has 0 unspecified atom stereocenters. The molecular weight excluding hydrogens is 294 g/mol. The van der Waals surface area contributed by atoms with Gasteiger partial charge in [0, 0.05) is 25.4 Å². The SMILES string of the molecule is O=C(CCc1ccc2c(c1)NC(=O)CO2)NCc1ccncc1. The topological polar surface area (TPSA) is 80.3 Å². The molecule has 2 amide bonds. The van der Waals surface area contributed by atoms with E-state index in [0.717, 1.165) is 11.1 Å². The summed E-state index contributed by atoms with van der Waals surface area (Å²) < 4.78 is 5.31. The first kappa shape index (κ1) is 15.0. The molecule has 2 aromatic rings. The first-order valence-electron chi connectivity index (χ1n) is 7.42. The van der Waals surface area contributed by atoms with Gasteiger partial charge in [0.2, 0.25) is 5.91 Å². The Bertz CT molecular complexity index is 716. The van der Waals surface area contributed by atoms with Crippen LogP contribution >= 0.6 is 0 Å². The van der Waals surface area contributed by atoms with Crippen molar-refractivity contribution in [3.8, 4) is 5.75 Å². The number of aryl methyl sites for hydroxylation is 1. The summed E-state index contributed by atoms with van der Waals surface area (Å²) in [6, 6.07) is 9.31. The van der Waals surface area contributed by atoms with Crippen molar-refractivity contribution in [2.24, 2.45) is 0 Å². The predicted octanol–water partition coefficient (Wildman–Crippen LogP) is 1.66. The first-order chi connectivity index (χ1) is 11.2. The van der Waals surface area contributed by atoms with Gasteiger partial charge in [-0.25, -0.2) is 0 Å². The Labute approximate surface area is 133 Å². The molecule has 0 aliphatic carbocycles. The standard InChI is InChI=1S/C17H17N3O3/c21-16(19-10-13-5-7-18-8-6-13)4-2-12-1-3-15-14(9-12)20-17(22)11-23-15/h1,3,5-9H,2,4,10-11H2,(H,19,21)(H,20,22). The number of hydrogen-bond donors (Lipinski definition) is 2. The number of hydrogen-bond acceptors (Lipinski definition) is 4. The third-order valence-electron chi connectivity index (χ3n) is 3.56. The number of carbonyl (C=O) groups is 2. The lowest BCUT2D eigenvalue weighted by Gasteiger charge is -2.18. The number of fused-ring (bicyclic) bond motifs is 1. The predicted molar refractivity (Wildman–Crippen MR) is 85.0 cm³/mol. The van der Waals surface area contributed by atoms with Crippen molar-refractivity contribution >= 4 is 17.5 Å². The normalized spacial score (nSPS) is 12.8. The van der Waals surface area contributed by atoms with Gasteiger partial charge in [0.15, 0.2) is 6.61 Å². The third kappa shape index (κ3) is 4.06. The largest absolute Gasteiger partial charge is 0.482 e. The Hall–Kier alpha value is -2.89. The van der Waals surface area contributed by atoms with Crippen LogP contribution in [0.2, 0.25) is 0 Å².